The number of nitrogens with zero attached hydrogens (tertiary/aromatic N) is 2. The van der Waals surface area contributed by atoms with Crippen LogP contribution in [0.5, 0.6) is 0 Å². The van der Waals surface area contributed by atoms with Crippen LogP contribution in [0.1, 0.15) is 20.3 Å². The topological polar surface area (TPSA) is 37.3 Å². The fraction of sp³-hybridized carbons (Fsp3) is 0.231. The standard InChI is InChI=1S/C13H13Cl2N3S/c1-3-8(2)17-18-13-16-12(7-19-13)9-4-5-10(14)11(15)6-9/h4-7H,3H2,1-2H3,(H,16,18)/b17-8-. The molecule has 0 unspecified atom stereocenters. The molecule has 0 fully saturated rings. The van der Waals surface area contributed by atoms with Crippen molar-refractivity contribution < 1.29 is 0 Å². The number of thiazole rings is 1. The van der Waals surface area contributed by atoms with Crippen LogP contribution < -0.4 is 5.43 Å². The maximum Gasteiger partial charge on any atom is 0.203 e. The summed E-state index contributed by atoms with van der Waals surface area (Å²) in [4.78, 5) is 4.46. The Hall–Kier alpha value is -1.10. The van der Waals surface area contributed by atoms with E-state index in [1.807, 2.05) is 24.4 Å². The summed E-state index contributed by atoms with van der Waals surface area (Å²) in [6.07, 6.45) is 0.915. The molecule has 0 amide bonds. The molecule has 0 aliphatic rings. The van der Waals surface area contributed by atoms with Crippen LogP contribution in [0.15, 0.2) is 28.7 Å². The second kappa shape index (κ2) is 6.37. The summed E-state index contributed by atoms with van der Waals surface area (Å²) in [5.74, 6) is 0. The number of benzene rings is 1. The van der Waals surface area contributed by atoms with Gasteiger partial charge in [0.1, 0.15) is 0 Å². The van der Waals surface area contributed by atoms with Crippen molar-refractivity contribution >= 4 is 45.4 Å². The van der Waals surface area contributed by atoms with Gasteiger partial charge < -0.3 is 0 Å². The van der Waals surface area contributed by atoms with Crippen LogP contribution in [0.25, 0.3) is 11.3 Å². The zero-order valence-electron chi connectivity index (χ0n) is 10.6. The Morgan fingerprint density at radius 1 is 1.37 bits per heavy atom. The van der Waals surface area contributed by atoms with Crippen molar-refractivity contribution in [2.45, 2.75) is 20.3 Å². The van der Waals surface area contributed by atoms with E-state index in [0.29, 0.717) is 10.0 Å². The van der Waals surface area contributed by atoms with Crippen LogP contribution >= 0.6 is 34.5 Å². The van der Waals surface area contributed by atoms with Crippen molar-refractivity contribution in [2.75, 3.05) is 5.43 Å². The molecule has 19 heavy (non-hydrogen) atoms. The molecule has 1 aromatic heterocycles. The summed E-state index contributed by atoms with van der Waals surface area (Å²) >= 11 is 13.4. The third-order valence-corrected chi connectivity index (χ3v) is 4.06. The molecule has 1 N–H and O–H groups in total. The minimum atomic E-state index is 0.529. The summed E-state index contributed by atoms with van der Waals surface area (Å²) in [6.45, 7) is 4.03. The van der Waals surface area contributed by atoms with Crippen LogP contribution in [0.4, 0.5) is 5.13 Å². The summed E-state index contributed by atoms with van der Waals surface area (Å²) in [7, 11) is 0. The van der Waals surface area contributed by atoms with Crippen molar-refractivity contribution in [3.63, 3.8) is 0 Å². The zero-order chi connectivity index (χ0) is 13.8. The van der Waals surface area contributed by atoms with E-state index < -0.39 is 0 Å². The third kappa shape index (κ3) is 3.69. The summed E-state index contributed by atoms with van der Waals surface area (Å²) in [5, 5.41) is 8.01. The van der Waals surface area contributed by atoms with E-state index in [1.54, 1.807) is 6.07 Å². The summed E-state index contributed by atoms with van der Waals surface area (Å²) in [6, 6.07) is 5.47. The lowest BCUT2D eigenvalue weighted by molar-refractivity contribution is 1.20. The van der Waals surface area contributed by atoms with Gasteiger partial charge in [-0.3, -0.25) is 5.43 Å². The lowest BCUT2D eigenvalue weighted by atomic mass is 10.2. The fourth-order valence-electron chi connectivity index (χ4n) is 1.34. The molecule has 0 atom stereocenters. The smallest absolute Gasteiger partial charge is 0.203 e. The Bertz CT molecular complexity index is 608. The van der Waals surface area contributed by atoms with Gasteiger partial charge in [-0.25, -0.2) is 4.98 Å². The Kier molecular flexibility index (Phi) is 4.80. The maximum atomic E-state index is 6.00. The largest absolute Gasteiger partial charge is 0.253 e. The average molecular weight is 314 g/mol. The highest BCUT2D eigenvalue weighted by atomic mass is 35.5. The number of nitrogens with one attached hydrogen (secondary N) is 1. The van der Waals surface area contributed by atoms with Gasteiger partial charge in [-0.05, 0) is 25.5 Å². The maximum absolute atomic E-state index is 6.00. The molecule has 0 radical (unpaired) electrons. The summed E-state index contributed by atoms with van der Waals surface area (Å²) in [5.41, 5.74) is 5.78. The minimum absolute atomic E-state index is 0.529. The number of aromatic nitrogens is 1. The highest BCUT2D eigenvalue weighted by Gasteiger charge is 2.06. The first-order chi connectivity index (χ1) is 9.10. The lowest BCUT2D eigenvalue weighted by Gasteiger charge is -1.99. The molecule has 0 saturated carbocycles. The van der Waals surface area contributed by atoms with Crippen LogP contribution in [0.2, 0.25) is 10.0 Å². The normalized spacial score (nSPS) is 11.7. The molecular weight excluding hydrogens is 301 g/mol. The Balaban J connectivity index is 2.18. The highest BCUT2D eigenvalue weighted by Crippen LogP contribution is 2.30. The minimum Gasteiger partial charge on any atom is -0.253 e. The Labute approximate surface area is 126 Å². The molecule has 1 aromatic carbocycles. The van der Waals surface area contributed by atoms with Crippen LogP contribution in [0.3, 0.4) is 0 Å². The van der Waals surface area contributed by atoms with Crippen molar-refractivity contribution in [1.29, 1.82) is 0 Å². The SMILES string of the molecule is CC/C(C)=N\Nc1nc(-c2ccc(Cl)c(Cl)c2)cs1. The Morgan fingerprint density at radius 3 is 2.84 bits per heavy atom. The average Bonchev–Trinajstić information content (AvgIpc) is 2.88. The molecule has 6 heteroatoms. The molecular formula is C13H13Cl2N3S. The van der Waals surface area contributed by atoms with E-state index in [-0.39, 0.29) is 0 Å². The molecule has 100 valence electrons. The van der Waals surface area contributed by atoms with Crippen LogP contribution in [0, 0.1) is 0 Å². The second-order valence-electron chi connectivity index (χ2n) is 3.98. The Morgan fingerprint density at radius 2 is 2.16 bits per heavy atom. The monoisotopic (exact) mass is 313 g/mol. The zero-order valence-corrected chi connectivity index (χ0v) is 12.9. The number of hydrogen-bond donors (Lipinski definition) is 1. The van der Waals surface area contributed by atoms with E-state index in [2.05, 4.69) is 22.4 Å². The third-order valence-electron chi connectivity index (χ3n) is 2.57. The molecule has 2 rings (SSSR count). The first-order valence-electron chi connectivity index (χ1n) is 5.80. The molecule has 1 heterocycles. The molecule has 2 aromatic rings. The van der Waals surface area contributed by atoms with Gasteiger partial charge in [-0.2, -0.15) is 5.10 Å². The highest BCUT2D eigenvalue weighted by molar-refractivity contribution is 7.14. The van der Waals surface area contributed by atoms with Gasteiger partial charge in [0.2, 0.25) is 5.13 Å². The number of halogens is 2. The van der Waals surface area contributed by atoms with E-state index in [1.165, 1.54) is 11.3 Å². The first kappa shape index (κ1) is 14.3. The number of hydrazone groups is 1. The van der Waals surface area contributed by atoms with Crippen molar-refractivity contribution in [3.05, 3.63) is 33.6 Å². The van der Waals surface area contributed by atoms with Gasteiger partial charge in [0, 0.05) is 16.7 Å². The van der Waals surface area contributed by atoms with Crippen LogP contribution in [-0.4, -0.2) is 10.7 Å². The number of hydrogen-bond acceptors (Lipinski definition) is 4. The van der Waals surface area contributed by atoms with E-state index in [9.17, 15) is 0 Å². The van der Waals surface area contributed by atoms with Gasteiger partial charge in [-0.1, -0.05) is 36.2 Å². The first-order valence-corrected chi connectivity index (χ1v) is 7.44. The van der Waals surface area contributed by atoms with E-state index >= 15 is 0 Å². The van der Waals surface area contributed by atoms with E-state index in [4.69, 9.17) is 23.2 Å². The lowest BCUT2D eigenvalue weighted by Crippen LogP contribution is -1.95. The molecule has 0 spiro atoms. The second-order valence-corrected chi connectivity index (χ2v) is 5.65. The van der Waals surface area contributed by atoms with Gasteiger partial charge >= 0.3 is 0 Å². The number of anilines is 1. The molecule has 0 aliphatic heterocycles. The molecule has 3 nitrogen and oxygen atoms in total. The van der Waals surface area contributed by atoms with Crippen molar-refractivity contribution in [3.8, 4) is 11.3 Å². The van der Waals surface area contributed by atoms with Crippen molar-refractivity contribution in [1.82, 2.24) is 4.98 Å². The fourth-order valence-corrected chi connectivity index (χ4v) is 2.29. The van der Waals surface area contributed by atoms with Crippen molar-refractivity contribution in [2.24, 2.45) is 5.10 Å². The molecule has 0 aliphatic carbocycles. The predicted octanol–water partition coefficient (Wildman–Crippen LogP) is 5.31. The molecule has 0 saturated heterocycles. The summed E-state index contributed by atoms with van der Waals surface area (Å²) < 4.78 is 0. The van der Waals surface area contributed by atoms with Gasteiger partial charge in [0.05, 0.1) is 15.7 Å². The van der Waals surface area contributed by atoms with Gasteiger partial charge in [-0.15, -0.1) is 11.3 Å². The van der Waals surface area contributed by atoms with E-state index in [0.717, 1.165) is 28.5 Å². The van der Waals surface area contributed by atoms with Gasteiger partial charge in [0.15, 0.2) is 0 Å². The van der Waals surface area contributed by atoms with Gasteiger partial charge in [0.25, 0.3) is 0 Å². The molecule has 0 bridgehead atoms. The predicted molar refractivity (Wildman–Crippen MR) is 84.6 cm³/mol. The number of rotatable bonds is 4. The van der Waals surface area contributed by atoms with Crippen LogP contribution in [-0.2, 0) is 0 Å². The quantitative estimate of drug-likeness (QED) is 0.613.